The Balaban J connectivity index is 0.000000155. The van der Waals surface area contributed by atoms with E-state index in [0.29, 0.717) is 63.4 Å². The molecule has 0 spiro atoms. The van der Waals surface area contributed by atoms with Gasteiger partial charge in [-0.25, -0.2) is 43.7 Å². The fraction of sp³-hybridized carbons (Fsp3) is 0.158. The molecular weight excluding hydrogens is 709 g/mol. The van der Waals surface area contributed by atoms with Crippen molar-refractivity contribution in [1.29, 1.82) is 0 Å². The molecule has 9 rings (SSSR count). The normalized spacial score (nSPS) is 12.9. The van der Waals surface area contributed by atoms with E-state index in [4.69, 9.17) is 16.5 Å². The van der Waals surface area contributed by atoms with Crippen molar-refractivity contribution in [3.05, 3.63) is 109 Å². The largest absolute Gasteiger partial charge is 0.384 e. The zero-order valence-electron chi connectivity index (χ0n) is 28.9. The van der Waals surface area contributed by atoms with Gasteiger partial charge in [0.1, 0.15) is 46.6 Å². The summed E-state index contributed by atoms with van der Waals surface area (Å²) in [6.45, 7) is 0. The Bertz CT molecular complexity index is 2580. The van der Waals surface area contributed by atoms with E-state index in [1.807, 2.05) is 33.6 Å². The molecule has 2 aromatic carbocycles. The number of nitrogens with zero attached hydrogens (tertiary/aromatic N) is 10. The zero-order valence-corrected chi connectivity index (χ0v) is 29.8. The van der Waals surface area contributed by atoms with Crippen molar-refractivity contribution in [2.45, 2.75) is 36.9 Å². The number of pyridine rings is 2. The van der Waals surface area contributed by atoms with Crippen LogP contribution in [0, 0.1) is 11.6 Å². The molecule has 8 aromatic rings. The third kappa shape index (κ3) is 7.10. The first-order valence-electron chi connectivity index (χ1n) is 17.1. The molecule has 1 aliphatic rings. The van der Waals surface area contributed by atoms with Crippen LogP contribution in [0.15, 0.2) is 102 Å². The second-order valence-electron chi connectivity index (χ2n) is 12.5. The highest BCUT2D eigenvalue weighted by atomic mass is 32.2. The number of benzene rings is 2. The molecule has 16 heteroatoms. The van der Waals surface area contributed by atoms with Gasteiger partial charge in [0, 0.05) is 29.6 Å². The molecule has 13 nitrogen and oxygen atoms in total. The van der Waals surface area contributed by atoms with Crippen LogP contribution in [-0.2, 0) is 0 Å². The third-order valence-corrected chi connectivity index (χ3v) is 9.44. The second-order valence-corrected chi connectivity index (χ2v) is 13.3. The third-order valence-electron chi connectivity index (χ3n) is 8.87. The minimum atomic E-state index is -0.305. The van der Waals surface area contributed by atoms with Gasteiger partial charge < -0.3 is 16.8 Å². The number of hydrogen-bond donors (Lipinski definition) is 3. The zero-order chi connectivity index (χ0) is 37.2. The van der Waals surface area contributed by atoms with Crippen molar-refractivity contribution in [3.8, 4) is 34.4 Å². The van der Waals surface area contributed by atoms with E-state index in [2.05, 4.69) is 40.2 Å². The van der Waals surface area contributed by atoms with Crippen LogP contribution in [-0.4, -0.2) is 61.3 Å². The molecule has 0 aliphatic heterocycles. The Kier molecular flexibility index (Phi) is 9.48. The van der Waals surface area contributed by atoms with E-state index in [1.54, 1.807) is 54.9 Å². The van der Waals surface area contributed by atoms with Crippen molar-refractivity contribution < 1.29 is 8.78 Å². The fourth-order valence-electron chi connectivity index (χ4n) is 6.35. The highest BCUT2D eigenvalue weighted by molar-refractivity contribution is 7.98. The monoisotopic (exact) mass is 741 g/mol. The van der Waals surface area contributed by atoms with Gasteiger partial charge in [0.2, 0.25) is 5.95 Å². The number of halogens is 2. The summed E-state index contributed by atoms with van der Waals surface area (Å²) >= 11 is 1.45. The van der Waals surface area contributed by atoms with Crippen LogP contribution in [0.25, 0.3) is 56.7 Å². The maximum absolute atomic E-state index is 13.4. The second kappa shape index (κ2) is 14.8. The molecule has 270 valence electrons. The van der Waals surface area contributed by atoms with Crippen molar-refractivity contribution in [3.63, 3.8) is 0 Å². The van der Waals surface area contributed by atoms with Crippen molar-refractivity contribution in [2.24, 2.45) is 0 Å². The molecule has 0 unspecified atom stereocenters. The van der Waals surface area contributed by atoms with Crippen LogP contribution in [0.5, 0.6) is 0 Å². The molecule has 5 N–H and O–H groups in total. The molecule has 54 heavy (non-hydrogen) atoms. The van der Waals surface area contributed by atoms with Crippen LogP contribution in [0.1, 0.15) is 25.7 Å². The van der Waals surface area contributed by atoms with Crippen LogP contribution in [0.3, 0.4) is 0 Å². The number of aromatic nitrogens is 10. The lowest BCUT2D eigenvalue weighted by molar-refractivity contribution is 0.627. The van der Waals surface area contributed by atoms with Gasteiger partial charge in [0.25, 0.3) is 0 Å². The average Bonchev–Trinajstić information content (AvgIpc) is 3.93. The van der Waals surface area contributed by atoms with Gasteiger partial charge in [0.05, 0.1) is 11.0 Å². The van der Waals surface area contributed by atoms with Gasteiger partial charge in [-0.1, -0.05) is 24.6 Å². The highest BCUT2D eigenvalue weighted by Gasteiger charge is 2.20. The average molecular weight is 742 g/mol. The van der Waals surface area contributed by atoms with E-state index in [0.717, 1.165) is 35.0 Å². The number of thioether (sulfide) groups is 1. The van der Waals surface area contributed by atoms with Crippen molar-refractivity contribution in [2.75, 3.05) is 23.0 Å². The number of anilines is 3. The lowest BCUT2D eigenvalue weighted by Gasteiger charge is -2.13. The van der Waals surface area contributed by atoms with Crippen molar-refractivity contribution in [1.82, 2.24) is 49.0 Å². The summed E-state index contributed by atoms with van der Waals surface area (Å²) in [4.78, 5) is 35.7. The number of nitrogens with two attached hydrogens (primary N) is 2. The Labute approximate surface area is 312 Å². The maximum Gasteiger partial charge on any atom is 0.224 e. The van der Waals surface area contributed by atoms with E-state index >= 15 is 0 Å². The SMILES string of the molecule is CSc1nccc(-n2c(-c3ccc(F)cc3)nc3nc(N)ccc32)n1.Nc1ccc2c(n1)nc(-c1ccc(F)cc1)n2-c1ccnc(NC2CCCC2)n1. The predicted molar refractivity (Wildman–Crippen MR) is 206 cm³/mol. The number of rotatable bonds is 7. The van der Waals surface area contributed by atoms with E-state index in [1.165, 1.54) is 48.9 Å². The smallest absolute Gasteiger partial charge is 0.224 e. The molecule has 0 amide bonds. The molecule has 1 fully saturated rings. The first-order chi connectivity index (χ1) is 26.3. The van der Waals surface area contributed by atoms with Gasteiger partial charge in [-0.3, -0.25) is 9.13 Å². The lowest BCUT2D eigenvalue weighted by atomic mass is 10.2. The molecule has 0 bridgehead atoms. The summed E-state index contributed by atoms with van der Waals surface area (Å²) in [7, 11) is 0. The van der Waals surface area contributed by atoms with E-state index < -0.39 is 0 Å². The maximum atomic E-state index is 13.4. The fourth-order valence-corrected chi connectivity index (χ4v) is 6.70. The van der Waals surface area contributed by atoms with Gasteiger partial charge in [-0.2, -0.15) is 4.98 Å². The van der Waals surface area contributed by atoms with Crippen LogP contribution in [0.4, 0.5) is 26.4 Å². The number of hydrogen-bond acceptors (Lipinski definition) is 12. The van der Waals surface area contributed by atoms with Gasteiger partial charge in [-0.05, 0) is 104 Å². The molecule has 1 saturated carbocycles. The minimum absolute atomic E-state index is 0.302. The number of fused-ring (bicyclic) bond motifs is 2. The summed E-state index contributed by atoms with van der Waals surface area (Å²) in [5.41, 5.74) is 15.7. The Hall–Kier alpha value is -6.55. The van der Waals surface area contributed by atoms with E-state index in [-0.39, 0.29) is 11.6 Å². The Morgan fingerprint density at radius 2 is 1.11 bits per heavy atom. The van der Waals surface area contributed by atoms with Gasteiger partial charge >= 0.3 is 0 Å². The lowest BCUT2D eigenvalue weighted by Crippen LogP contribution is -2.17. The first kappa shape index (κ1) is 34.5. The standard InChI is InChI=1S/C21H20FN7.C17H13FN6S/c22-14-7-5-13(6-8-14)20-28-19-16(9-10-17(23)26-19)29(20)18-11-12-24-21(27-18)25-15-3-1-2-4-15;1-25-17-20-9-8-14(22-17)24-12-6-7-13(19)21-15(12)23-16(24)10-2-4-11(18)5-3-10/h5-12,15H,1-4H2,(H2,23,26)(H,24,25,27);2-9H,1H3,(H2,19,21). The summed E-state index contributed by atoms with van der Waals surface area (Å²) in [6, 6.07) is 23.5. The van der Waals surface area contributed by atoms with Crippen LogP contribution >= 0.6 is 11.8 Å². The Morgan fingerprint density at radius 1 is 0.611 bits per heavy atom. The summed E-state index contributed by atoms with van der Waals surface area (Å²) in [5.74, 6) is 3.30. The van der Waals surface area contributed by atoms with Gasteiger partial charge in [-0.15, -0.1) is 0 Å². The molecule has 1 aliphatic carbocycles. The molecule has 0 atom stereocenters. The quantitative estimate of drug-likeness (QED) is 0.110. The topological polar surface area (TPSA) is 177 Å². The summed E-state index contributed by atoms with van der Waals surface area (Å²) < 4.78 is 30.5. The number of nitrogen functional groups attached to an aromatic ring is 2. The first-order valence-corrected chi connectivity index (χ1v) is 18.3. The number of imidazole rings is 2. The van der Waals surface area contributed by atoms with Crippen LogP contribution < -0.4 is 16.8 Å². The predicted octanol–water partition coefficient (Wildman–Crippen LogP) is 7.27. The molecule has 0 radical (unpaired) electrons. The van der Waals surface area contributed by atoms with Crippen LogP contribution in [0.2, 0.25) is 0 Å². The molecule has 6 heterocycles. The van der Waals surface area contributed by atoms with Gasteiger partial charge in [0.15, 0.2) is 16.5 Å². The Morgan fingerprint density at radius 3 is 1.63 bits per heavy atom. The number of nitrogens with one attached hydrogen (secondary N) is 1. The molecular formula is C38H33F2N13S. The minimum Gasteiger partial charge on any atom is -0.384 e. The van der Waals surface area contributed by atoms with Crippen molar-refractivity contribution >= 4 is 51.7 Å². The molecule has 0 saturated heterocycles. The van der Waals surface area contributed by atoms with E-state index in [9.17, 15) is 8.78 Å². The molecule has 6 aromatic heterocycles. The highest BCUT2D eigenvalue weighted by Crippen LogP contribution is 2.30. The summed E-state index contributed by atoms with van der Waals surface area (Å²) in [5, 5.41) is 4.07. The summed E-state index contributed by atoms with van der Waals surface area (Å²) in [6.07, 6.45) is 10.0.